The van der Waals surface area contributed by atoms with Crippen molar-refractivity contribution in [3.05, 3.63) is 0 Å². The number of carbonyl (C=O) groups is 1. The number of alkyl halides is 1. The molecule has 0 saturated heterocycles. The summed E-state index contributed by atoms with van der Waals surface area (Å²) in [7, 11) is 1.48. The molecule has 0 bridgehead atoms. The molecule has 0 aromatic rings. The summed E-state index contributed by atoms with van der Waals surface area (Å²) >= 11 is 3.69. The standard InChI is InChI=1S/C14H27BrO2/c1-4-6-7-8-10-13(15)11-12(9-5-2)14(16)17-3/h12-13H,4-11H2,1-3H3. The summed E-state index contributed by atoms with van der Waals surface area (Å²) in [6, 6.07) is 0. The molecule has 0 rings (SSSR count). The van der Waals surface area contributed by atoms with Gasteiger partial charge in [-0.3, -0.25) is 4.79 Å². The quantitative estimate of drug-likeness (QED) is 0.332. The Morgan fingerprint density at radius 2 is 1.82 bits per heavy atom. The van der Waals surface area contributed by atoms with Crippen LogP contribution in [-0.2, 0) is 9.53 Å². The maximum Gasteiger partial charge on any atom is 0.308 e. The van der Waals surface area contributed by atoms with Crippen LogP contribution >= 0.6 is 15.9 Å². The van der Waals surface area contributed by atoms with Crippen molar-refractivity contribution in [1.82, 2.24) is 0 Å². The predicted octanol–water partition coefficient (Wildman–Crippen LogP) is 4.70. The van der Waals surface area contributed by atoms with Crippen LogP contribution in [0.15, 0.2) is 0 Å². The van der Waals surface area contributed by atoms with E-state index in [2.05, 4.69) is 29.8 Å². The lowest BCUT2D eigenvalue weighted by atomic mass is 9.96. The first-order chi connectivity index (χ1) is 8.15. The van der Waals surface area contributed by atoms with Crippen molar-refractivity contribution in [2.24, 2.45) is 5.92 Å². The van der Waals surface area contributed by atoms with Gasteiger partial charge in [0.2, 0.25) is 0 Å². The number of hydrogen-bond acceptors (Lipinski definition) is 2. The van der Waals surface area contributed by atoms with E-state index in [0.717, 1.165) is 25.7 Å². The lowest BCUT2D eigenvalue weighted by Gasteiger charge is -2.17. The fraction of sp³-hybridized carbons (Fsp3) is 0.929. The number of hydrogen-bond donors (Lipinski definition) is 0. The Morgan fingerprint density at radius 3 is 2.35 bits per heavy atom. The number of esters is 1. The first-order valence-electron chi connectivity index (χ1n) is 6.87. The van der Waals surface area contributed by atoms with E-state index in [4.69, 9.17) is 4.74 Å². The molecule has 0 N–H and O–H groups in total. The second-order valence-electron chi connectivity index (χ2n) is 4.69. The van der Waals surface area contributed by atoms with Gasteiger partial charge in [0.15, 0.2) is 0 Å². The topological polar surface area (TPSA) is 26.3 Å². The predicted molar refractivity (Wildman–Crippen MR) is 76.5 cm³/mol. The number of rotatable bonds is 10. The van der Waals surface area contributed by atoms with Gasteiger partial charge in [0.1, 0.15) is 0 Å². The molecular weight excluding hydrogens is 280 g/mol. The second kappa shape index (κ2) is 11.1. The van der Waals surface area contributed by atoms with Gasteiger partial charge in [0.25, 0.3) is 0 Å². The Bertz CT molecular complexity index is 195. The van der Waals surface area contributed by atoms with Crippen molar-refractivity contribution in [3.8, 4) is 0 Å². The molecule has 0 spiro atoms. The van der Waals surface area contributed by atoms with Crippen LogP contribution in [-0.4, -0.2) is 17.9 Å². The third-order valence-corrected chi connectivity index (χ3v) is 3.91. The molecule has 2 nitrogen and oxygen atoms in total. The van der Waals surface area contributed by atoms with Crippen molar-refractivity contribution in [1.29, 1.82) is 0 Å². The third kappa shape index (κ3) is 8.64. The smallest absolute Gasteiger partial charge is 0.308 e. The Hall–Kier alpha value is -0.0500. The Balaban J connectivity index is 3.86. The monoisotopic (exact) mass is 306 g/mol. The molecule has 0 aliphatic rings. The van der Waals surface area contributed by atoms with E-state index in [1.807, 2.05) is 0 Å². The average molecular weight is 307 g/mol. The molecule has 0 amide bonds. The maximum absolute atomic E-state index is 11.6. The number of unbranched alkanes of at least 4 members (excludes halogenated alkanes) is 3. The maximum atomic E-state index is 11.6. The van der Waals surface area contributed by atoms with Crippen LogP contribution in [0.5, 0.6) is 0 Å². The van der Waals surface area contributed by atoms with E-state index < -0.39 is 0 Å². The van der Waals surface area contributed by atoms with Crippen LogP contribution < -0.4 is 0 Å². The number of ether oxygens (including phenoxy) is 1. The molecule has 17 heavy (non-hydrogen) atoms. The molecule has 0 aliphatic carbocycles. The zero-order valence-electron chi connectivity index (χ0n) is 11.5. The van der Waals surface area contributed by atoms with Crippen molar-refractivity contribution >= 4 is 21.9 Å². The average Bonchev–Trinajstić information content (AvgIpc) is 2.33. The van der Waals surface area contributed by atoms with E-state index in [-0.39, 0.29) is 11.9 Å². The molecule has 0 aromatic carbocycles. The van der Waals surface area contributed by atoms with Gasteiger partial charge < -0.3 is 4.74 Å². The summed E-state index contributed by atoms with van der Waals surface area (Å²) in [6.07, 6.45) is 9.19. The molecule has 0 aliphatic heterocycles. The number of halogens is 1. The van der Waals surface area contributed by atoms with Crippen LogP contribution in [0.4, 0.5) is 0 Å². The van der Waals surface area contributed by atoms with E-state index >= 15 is 0 Å². The van der Waals surface area contributed by atoms with Crippen molar-refractivity contribution < 1.29 is 9.53 Å². The van der Waals surface area contributed by atoms with Crippen molar-refractivity contribution in [3.63, 3.8) is 0 Å². The molecule has 0 aromatic heterocycles. The summed E-state index contributed by atoms with van der Waals surface area (Å²) in [5, 5.41) is 0. The number of methoxy groups -OCH3 is 1. The summed E-state index contributed by atoms with van der Waals surface area (Å²) in [6.45, 7) is 4.33. The van der Waals surface area contributed by atoms with Gasteiger partial charge >= 0.3 is 5.97 Å². The third-order valence-electron chi connectivity index (χ3n) is 3.08. The van der Waals surface area contributed by atoms with E-state index in [9.17, 15) is 4.79 Å². The first-order valence-corrected chi connectivity index (χ1v) is 7.79. The highest BCUT2D eigenvalue weighted by Crippen LogP contribution is 2.23. The molecule has 0 radical (unpaired) electrons. The second-order valence-corrected chi connectivity index (χ2v) is 5.99. The summed E-state index contributed by atoms with van der Waals surface area (Å²) < 4.78 is 4.85. The molecular formula is C14H27BrO2. The van der Waals surface area contributed by atoms with Crippen LogP contribution in [0.3, 0.4) is 0 Å². The zero-order chi connectivity index (χ0) is 13.1. The van der Waals surface area contributed by atoms with E-state index in [1.165, 1.54) is 32.8 Å². The summed E-state index contributed by atoms with van der Waals surface area (Å²) in [4.78, 5) is 12.0. The molecule has 0 saturated carbocycles. The fourth-order valence-corrected chi connectivity index (χ4v) is 2.84. The Morgan fingerprint density at radius 1 is 1.12 bits per heavy atom. The van der Waals surface area contributed by atoms with Crippen LogP contribution in [0.25, 0.3) is 0 Å². The largest absolute Gasteiger partial charge is 0.469 e. The van der Waals surface area contributed by atoms with Gasteiger partial charge in [-0.15, -0.1) is 0 Å². The van der Waals surface area contributed by atoms with Gasteiger partial charge in [-0.25, -0.2) is 0 Å². The lowest BCUT2D eigenvalue weighted by Crippen LogP contribution is -2.19. The highest BCUT2D eigenvalue weighted by Gasteiger charge is 2.21. The van der Waals surface area contributed by atoms with Crippen LogP contribution in [0.1, 0.15) is 65.2 Å². The molecule has 0 fully saturated rings. The van der Waals surface area contributed by atoms with E-state index in [0.29, 0.717) is 4.83 Å². The molecule has 2 atom stereocenters. The Labute approximate surface area is 115 Å². The molecule has 3 heteroatoms. The Kier molecular flexibility index (Phi) is 11.0. The fourth-order valence-electron chi connectivity index (χ4n) is 2.07. The lowest BCUT2D eigenvalue weighted by molar-refractivity contribution is -0.145. The summed E-state index contributed by atoms with van der Waals surface area (Å²) in [5.41, 5.74) is 0. The normalized spacial score (nSPS) is 14.4. The van der Waals surface area contributed by atoms with Gasteiger partial charge in [-0.1, -0.05) is 61.9 Å². The highest BCUT2D eigenvalue weighted by molar-refractivity contribution is 9.09. The zero-order valence-corrected chi connectivity index (χ0v) is 13.1. The molecule has 102 valence electrons. The van der Waals surface area contributed by atoms with Gasteiger partial charge in [0, 0.05) is 4.83 Å². The number of carbonyl (C=O) groups excluding carboxylic acids is 1. The first kappa shape index (κ1) is 16.9. The van der Waals surface area contributed by atoms with Gasteiger partial charge in [0.05, 0.1) is 13.0 Å². The summed E-state index contributed by atoms with van der Waals surface area (Å²) in [5.74, 6) is 0.0189. The minimum absolute atomic E-state index is 0.0511. The van der Waals surface area contributed by atoms with Crippen LogP contribution in [0.2, 0.25) is 0 Å². The SMILES string of the molecule is CCCCCCC(Br)CC(CCC)C(=O)OC. The van der Waals surface area contributed by atoms with Crippen molar-refractivity contribution in [2.75, 3.05) is 7.11 Å². The highest BCUT2D eigenvalue weighted by atomic mass is 79.9. The van der Waals surface area contributed by atoms with Crippen LogP contribution in [0, 0.1) is 5.92 Å². The van der Waals surface area contributed by atoms with Gasteiger partial charge in [-0.2, -0.15) is 0 Å². The molecule has 0 heterocycles. The van der Waals surface area contributed by atoms with Gasteiger partial charge in [-0.05, 0) is 19.3 Å². The minimum atomic E-state index is -0.0511. The van der Waals surface area contributed by atoms with E-state index in [1.54, 1.807) is 0 Å². The van der Waals surface area contributed by atoms with Crippen molar-refractivity contribution in [2.45, 2.75) is 70.0 Å². The molecule has 2 unspecified atom stereocenters. The minimum Gasteiger partial charge on any atom is -0.469 e.